The van der Waals surface area contributed by atoms with Crippen LogP contribution in [0.4, 0.5) is 0 Å². The number of benzene rings is 2. The van der Waals surface area contributed by atoms with Gasteiger partial charge in [-0.2, -0.15) is 0 Å². The zero-order valence-electron chi connectivity index (χ0n) is 42.8. The Morgan fingerprint density at radius 1 is 0.843 bits per heavy atom. The molecule has 70 heavy (non-hydrogen) atoms. The first-order chi connectivity index (χ1) is 33.3. The monoisotopic (exact) mass is 963 g/mol. The molecule has 2 heterocycles. The van der Waals surface area contributed by atoms with Gasteiger partial charge >= 0.3 is 7.12 Å². The topological polar surface area (TPSA) is 204 Å². The molecule has 2 aromatic rings. The number of hydrogen-bond acceptors (Lipinski definition) is 11. The quantitative estimate of drug-likeness (QED) is 0.0348. The molecular formula is C56H79BN4O9. The number of nitrogens with two attached hydrogens (primary N) is 1. The standard InChI is InChI=1S/C56H79BN4O9/c1-8-9-14-38-19-21-39(22-20-38)40-23-25-41(26-24-40)47(64)18-12-17-45(63)31-42(15-10-11-27-58)54(68)61-52(37(4)62)49(66)29-35(2)53(67)60-46(34-44-16-13-28-59-44)48(65)30-36(3)57-69-51-33-43-32-50(55(43,5)6)56(51,7)70-57/h16,19-26,28,35-37,42-43,46,50-52,62H,8-15,17-18,27,29-34,58H2,1-7H3,(H,60,67)(H,61,68)/t35-,36-,37-,42-,43+,46+,50+,51?,52+,56+/m1/s1. The number of ketones is 4. The number of hydrogen-bond donors (Lipinski definition) is 4. The summed E-state index contributed by atoms with van der Waals surface area (Å²) in [6, 6.07) is 13.7. The van der Waals surface area contributed by atoms with Crippen LogP contribution in [0.15, 0.2) is 65.3 Å². The van der Waals surface area contributed by atoms with Crippen molar-refractivity contribution in [2.75, 3.05) is 6.54 Å². The van der Waals surface area contributed by atoms with Crippen molar-refractivity contribution in [3.05, 3.63) is 71.4 Å². The number of carbonyl (C=O) groups excluding carboxylic acids is 6. The van der Waals surface area contributed by atoms with E-state index in [2.05, 4.69) is 67.6 Å². The summed E-state index contributed by atoms with van der Waals surface area (Å²) in [7, 11) is -0.550. The Bertz CT molecular complexity index is 2220. The molecule has 14 heteroatoms. The molecule has 13 nitrogen and oxygen atoms in total. The molecule has 1 unspecified atom stereocenters. The molecule has 5 N–H and O–H groups in total. The number of allylic oxidation sites excluding steroid dienone is 1. The van der Waals surface area contributed by atoms with E-state index >= 15 is 0 Å². The Morgan fingerprint density at radius 3 is 2.17 bits per heavy atom. The van der Waals surface area contributed by atoms with E-state index in [1.165, 1.54) is 12.5 Å². The molecule has 2 amide bonds. The van der Waals surface area contributed by atoms with E-state index in [4.69, 9.17) is 15.0 Å². The van der Waals surface area contributed by atoms with Gasteiger partial charge in [-0.05, 0) is 105 Å². The first-order valence-corrected chi connectivity index (χ1v) is 26.2. The molecule has 2 bridgehead atoms. The van der Waals surface area contributed by atoms with E-state index in [1.54, 1.807) is 13.1 Å². The van der Waals surface area contributed by atoms with Crippen LogP contribution in [-0.4, -0.2) is 89.8 Å². The van der Waals surface area contributed by atoms with Gasteiger partial charge in [0.15, 0.2) is 17.3 Å². The fourth-order valence-corrected chi connectivity index (χ4v) is 11.2. The van der Waals surface area contributed by atoms with E-state index in [1.807, 2.05) is 37.3 Å². The zero-order chi connectivity index (χ0) is 50.8. The van der Waals surface area contributed by atoms with Crippen LogP contribution in [0, 0.1) is 29.1 Å². The molecule has 5 aliphatic rings. The van der Waals surface area contributed by atoms with E-state index in [-0.39, 0.29) is 73.2 Å². The summed E-state index contributed by atoms with van der Waals surface area (Å²) in [5.41, 5.74) is 10.2. The van der Waals surface area contributed by atoms with E-state index in [0.717, 1.165) is 43.2 Å². The van der Waals surface area contributed by atoms with Gasteiger partial charge in [-0.15, -0.1) is 0 Å². The molecule has 380 valence electrons. The van der Waals surface area contributed by atoms with Gasteiger partial charge in [0.1, 0.15) is 11.8 Å². The van der Waals surface area contributed by atoms with Crippen LogP contribution in [0.3, 0.4) is 0 Å². The highest BCUT2D eigenvalue weighted by atomic mass is 16.7. The summed E-state index contributed by atoms with van der Waals surface area (Å²) in [4.78, 5) is 86.2. The fraction of sp³-hybridized carbons (Fsp3) is 0.625. The normalized spacial score (nSPS) is 23.5. The van der Waals surface area contributed by atoms with Crippen molar-refractivity contribution in [1.82, 2.24) is 10.6 Å². The third kappa shape index (κ3) is 13.7. The van der Waals surface area contributed by atoms with Gasteiger partial charge in [0.25, 0.3) is 0 Å². The number of nitrogens with zero attached hydrogens (tertiary/aromatic N) is 1. The maximum Gasteiger partial charge on any atom is 0.461 e. The number of aliphatic hydroxyl groups excluding tert-OH is 1. The number of carbonyl (C=O) groups is 6. The van der Waals surface area contributed by atoms with Crippen molar-refractivity contribution in [3.8, 4) is 11.1 Å². The van der Waals surface area contributed by atoms with Crippen molar-refractivity contribution in [3.63, 3.8) is 0 Å². The highest BCUT2D eigenvalue weighted by molar-refractivity contribution is 6.47. The molecule has 7 rings (SSSR count). The first-order valence-electron chi connectivity index (χ1n) is 26.2. The van der Waals surface area contributed by atoms with Crippen molar-refractivity contribution < 1.29 is 43.2 Å². The maximum atomic E-state index is 14.0. The lowest BCUT2D eigenvalue weighted by atomic mass is 9.43. The Morgan fingerprint density at radius 2 is 1.54 bits per heavy atom. The largest absolute Gasteiger partial charge is 0.461 e. The van der Waals surface area contributed by atoms with Crippen LogP contribution < -0.4 is 16.4 Å². The fourth-order valence-electron chi connectivity index (χ4n) is 11.2. The number of nitrogens with one attached hydrogen (secondary N) is 2. The lowest BCUT2D eigenvalue weighted by Gasteiger charge is -2.64. The Balaban J connectivity index is 0.991. The van der Waals surface area contributed by atoms with Crippen molar-refractivity contribution >= 4 is 48.3 Å². The number of amides is 2. The summed E-state index contributed by atoms with van der Waals surface area (Å²) in [6.07, 6.45) is 10.4. The third-order valence-electron chi connectivity index (χ3n) is 15.9. The summed E-state index contributed by atoms with van der Waals surface area (Å²) in [5.74, 6) is -3.07. The molecule has 4 fully saturated rings. The highest BCUT2D eigenvalue weighted by Crippen LogP contribution is 2.66. The minimum atomic E-state index is -1.34. The highest BCUT2D eigenvalue weighted by Gasteiger charge is 2.68. The molecule has 0 spiro atoms. The molecule has 0 radical (unpaired) electrons. The molecular weight excluding hydrogens is 883 g/mol. The number of unbranched alkanes of at least 4 members (excludes halogenated alkanes) is 2. The molecule has 10 atom stereocenters. The first kappa shape index (κ1) is 54.7. The third-order valence-corrected chi connectivity index (χ3v) is 15.9. The summed E-state index contributed by atoms with van der Waals surface area (Å²) >= 11 is 0. The lowest BCUT2D eigenvalue weighted by molar-refractivity contribution is -0.199. The second-order valence-corrected chi connectivity index (χ2v) is 21.7. The second-order valence-electron chi connectivity index (χ2n) is 21.7. The molecule has 2 aliphatic heterocycles. The van der Waals surface area contributed by atoms with Crippen LogP contribution >= 0.6 is 0 Å². The molecule has 2 aromatic carbocycles. The van der Waals surface area contributed by atoms with E-state index in [9.17, 15) is 33.9 Å². The maximum absolute atomic E-state index is 14.0. The summed E-state index contributed by atoms with van der Waals surface area (Å²) < 4.78 is 13.1. The van der Waals surface area contributed by atoms with Gasteiger partial charge in [0.2, 0.25) is 11.8 Å². The zero-order valence-corrected chi connectivity index (χ0v) is 42.8. The smallest absolute Gasteiger partial charge is 0.405 e. The van der Waals surface area contributed by atoms with Crippen LogP contribution in [0.2, 0.25) is 5.82 Å². The minimum absolute atomic E-state index is 0.0214. The molecule has 0 aromatic heterocycles. The summed E-state index contributed by atoms with van der Waals surface area (Å²) in [5, 5.41) is 16.4. The molecule has 1 saturated heterocycles. The van der Waals surface area contributed by atoms with E-state index < -0.39 is 60.3 Å². The van der Waals surface area contributed by atoms with Gasteiger partial charge in [-0.1, -0.05) is 102 Å². The predicted octanol–water partition coefficient (Wildman–Crippen LogP) is 8.53. The van der Waals surface area contributed by atoms with Crippen molar-refractivity contribution in [1.29, 1.82) is 0 Å². The number of rotatable bonds is 29. The van der Waals surface area contributed by atoms with Crippen LogP contribution in [0.1, 0.15) is 161 Å². The van der Waals surface area contributed by atoms with Crippen molar-refractivity contribution in [2.45, 2.75) is 187 Å². The minimum Gasteiger partial charge on any atom is -0.405 e. The number of aryl methyl sites for hydroxylation is 1. The average Bonchev–Trinajstić information content (AvgIpc) is 3.99. The summed E-state index contributed by atoms with van der Waals surface area (Å²) in [6.45, 7) is 14.2. The van der Waals surface area contributed by atoms with Crippen LogP contribution in [0.25, 0.3) is 11.1 Å². The lowest BCUT2D eigenvalue weighted by Crippen LogP contribution is -2.65. The van der Waals surface area contributed by atoms with Gasteiger partial charge in [-0.25, -0.2) is 0 Å². The van der Waals surface area contributed by atoms with Gasteiger partial charge in [0, 0.05) is 74.3 Å². The average molecular weight is 963 g/mol. The number of aliphatic imine (C=N–C) groups is 1. The molecule has 3 aliphatic carbocycles. The second kappa shape index (κ2) is 24.7. The van der Waals surface area contributed by atoms with Gasteiger partial charge in [-0.3, -0.25) is 33.8 Å². The number of aliphatic hydroxyl groups is 1. The number of Topliss-reactive ketones (excluding diaryl/α,β-unsaturated/α-hetero) is 4. The van der Waals surface area contributed by atoms with Gasteiger partial charge < -0.3 is 30.8 Å². The predicted molar refractivity (Wildman–Crippen MR) is 274 cm³/mol. The SMILES string of the molecule is CCCCc1ccc(-c2ccc(C(=O)CCCC(=O)C[C@@H](CCCCN)C(=O)N[C@H](C(=O)C[C@@H](C)C(=O)N[C@@H](CC3=CCC=N3)C(=O)C[C@@H](C)B3OC4C[C@@H]5C[C@@H](C5(C)C)[C@]4(C)O3)[C@@H](C)O)cc2)cc1. The van der Waals surface area contributed by atoms with Crippen LogP contribution in [0.5, 0.6) is 0 Å². The Hall–Kier alpha value is -4.63. The van der Waals surface area contributed by atoms with Crippen LogP contribution in [-0.2, 0) is 39.7 Å². The van der Waals surface area contributed by atoms with Crippen molar-refractivity contribution in [2.24, 2.45) is 39.8 Å². The van der Waals surface area contributed by atoms with Gasteiger partial charge in [0.05, 0.1) is 23.9 Å². The Kier molecular flexibility index (Phi) is 19.3. The molecule has 3 saturated carbocycles. The Labute approximate surface area is 416 Å². The van der Waals surface area contributed by atoms with E-state index in [0.29, 0.717) is 61.7 Å².